The Morgan fingerprint density at radius 1 is 1.09 bits per heavy atom. The SMILES string of the molecule is Cl.O=C1N(C2CCCC2)c2nc(Nc3ccc(N4CCNCC4)cn3)ncc2OC12CC2. The number of piperazine rings is 1. The lowest BCUT2D eigenvalue weighted by atomic mass is 10.1. The molecule has 2 aromatic rings. The van der Waals surface area contributed by atoms with Crippen LogP contribution in [0.25, 0.3) is 0 Å². The summed E-state index contributed by atoms with van der Waals surface area (Å²) in [6, 6.07) is 4.20. The van der Waals surface area contributed by atoms with E-state index in [-0.39, 0.29) is 24.4 Å². The molecule has 1 amide bonds. The minimum Gasteiger partial charge on any atom is -0.472 e. The molecule has 3 fully saturated rings. The van der Waals surface area contributed by atoms with Crippen molar-refractivity contribution in [2.75, 3.05) is 41.3 Å². The van der Waals surface area contributed by atoms with Crippen LogP contribution in [0.3, 0.4) is 0 Å². The second-order valence-electron chi connectivity index (χ2n) is 8.85. The van der Waals surface area contributed by atoms with E-state index in [4.69, 9.17) is 4.74 Å². The highest BCUT2D eigenvalue weighted by atomic mass is 35.5. The fourth-order valence-corrected chi connectivity index (χ4v) is 4.85. The number of nitrogens with zero attached hydrogens (tertiary/aromatic N) is 5. The highest BCUT2D eigenvalue weighted by molar-refractivity contribution is 6.04. The normalized spacial score (nSPS) is 21.7. The molecule has 2 N–H and O–H groups in total. The van der Waals surface area contributed by atoms with Gasteiger partial charge in [-0.05, 0) is 25.0 Å². The zero-order valence-corrected chi connectivity index (χ0v) is 18.7. The van der Waals surface area contributed by atoms with Crippen molar-refractivity contribution in [1.82, 2.24) is 20.3 Å². The standard InChI is InChI=1S/C22H27N7O2.ClH/c30-20-22(7-8-22)31-17-14-25-21(27-19(17)29(20)15-3-1-2-4-15)26-18-6-5-16(13-24-18)28-11-9-23-10-12-28;/h5-6,13-15,23H,1-4,7-12H2,(H,24,25,26,27);1H. The average molecular weight is 458 g/mol. The molecule has 0 aromatic carbocycles. The van der Waals surface area contributed by atoms with E-state index in [2.05, 4.69) is 36.6 Å². The van der Waals surface area contributed by atoms with Gasteiger partial charge in [-0.25, -0.2) is 9.97 Å². The average Bonchev–Trinajstić information content (AvgIpc) is 3.37. The summed E-state index contributed by atoms with van der Waals surface area (Å²) >= 11 is 0. The number of fused-ring (bicyclic) bond motifs is 1. The molecular formula is C22H28ClN7O2. The molecule has 170 valence electrons. The highest BCUT2D eigenvalue weighted by Gasteiger charge is 2.59. The summed E-state index contributed by atoms with van der Waals surface area (Å²) in [6.45, 7) is 3.94. The Bertz CT molecular complexity index is 986. The molecule has 10 heteroatoms. The van der Waals surface area contributed by atoms with Gasteiger partial charge < -0.3 is 20.3 Å². The summed E-state index contributed by atoms with van der Waals surface area (Å²) in [5, 5.41) is 6.55. The maximum atomic E-state index is 13.2. The van der Waals surface area contributed by atoms with Gasteiger partial charge in [-0.2, -0.15) is 4.98 Å². The maximum Gasteiger partial charge on any atom is 0.272 e. The van der Waals surface area contributed by atoms with Gasteiger partial charge in [0.1, 0.15) is 5.82 Å². The van der Waals surface area contributed by atoms with E-state index in [1.807, 2.05) is 17.2 Å². The van der Waals surface area contributed by atoms with Crippen LogP contribution in [0, 0.1) is 0 Å². The van der Waals surface area contributed by atoms with Gasteiger partial charge >= 0.3 is 0 Å². The van der Waals surface area contributed by atoms with Crippen LogP contribution >= 0.6 is 12.4 Å². The number of nitrogens with one attached hydrogen (secondary N) is 2. The van der Waals surface area contributed by atoms with E-state index in [0.29, 0.717) is 23.3 Å². The van der Waals surface area contributed by atoms with E-state index in [0.717, 1.165) is 70.4 Å². The van der Waals surface area contributed by atoms with Crippen LogP contribution in [0.4, 0.5) is 23.3 Å². The van der Waals surface area contributed by atoms with E-state index >= 15 is 0 Å². The number of hydrogen-bond donors (Lipinski definition) is 2. The Kier molecular flexibility index (Phi) is 5.54. The smallest absolute Gasteiger partial charge is 0.272 e. The zero-order chi connectivity index (χ0) is 20.8. The van der Waals surface area contributed by atoms with Crippen LogP contribution < -0.4 is 25.2 Å². The van der Waals surface area contributed by atoms with E-state index in [9.17, 15) is 4.79 Å². The molecule has 0 radical (unpaired) electrons. The fourth-order valence-electron chi connectivity index (χ4n) is 4.85. The van der Waals surface area contributed by atoms with Gasteiger partial charge in [0.05, 0.1) is 18.1 Å². The van der Waals surface area contributed by atoms with Crippen molar-refractivity contribution >= 4 is 41.6 Å². The molecule has 2 aliphatic carbocycles. The van der Waals surface area contributed by atoms with Crippen molar-refractivity contribution < 1.29 is 9.53 Å². The third kappa shape index (κ3) is 3.73. The van der Waals surface area contributed by atoms with Crippen molar-refractivity contribution in [2.45, 2.75) is 50.2 Å². The van der Waals surface area contributed by atoms with Crippen LogP contribution in [0.2, 0.25) is 0 Å². The molecule has 32 heavy (non-hydrogen) atoms. The van der Waals surface area contributed by atoms with Gasteiger partial charge in [0.25, 0.3) is 5.91 Å². The Hall–Kier alpha value is -2.65. The summed E-state index contributed by atoms with van der Waals surface area (Å²) in [6.07, 6.45) is 9.45. The predicted molar refractivity (Wildman–Crippen MR) is 124 cm³/mol. The number of anilines is 4. The third-order valence-electron chi connectivity index (χ3n) is 6.74. The molecule has 0 atom stereocenters. The molecule has 0 bridgehead atoms. The van der Waals surface area contributed by atoms with E-state index in [1.165, 1.54) is 0 Å². The molecule has 4 heterocycles. The number of halogens is 1. The number of carbonyl (C=O) groups excluding carboxylic acids is 1. The Morgan fingerprint density at radius 2 is 1.88 bits per heavy atom. The molecule has 1 saturated heterocycles. The molecule has 9 nitrogen and oxygen atoms in total. The first kappa shape index (κ1) is 21.2. The van der Waals surface area contributed by atoms with Crippen LogP contribution in [-0.2, 0) is 4.79 Å². The first-order valence-electron chi connectivity index (χ1n) is 11.3. The van der Waals surface area contributed by atoms with Gasteiger partial charge in [-0.3, -0.25) is 9.69 Å². The van der Waals surface area contributed by atoms with Crippen molar-refractivity contribution in [3.05, 3.63) is 24.5 Å². The quantitative estimate of drug-likeness (QED) is 0.723. The number of rotatable bonds is 4. The van der Waals surface area contributed by atoms with Gasteiger partial charge in [0.2, 0.25) is 5.95 Å². The van der Waals surface area contributed by atoms with Gasteiger partial charge in [0, 0.05) is 45.1 Å². The first-order chi connectivity index (χ1) is 15.2. The van der Waals surface area contributed by atoms with Crippen molar-refractivity contribution in [3.8, 4) is 5.75 Å². The number of pyridine rings is 1. The Labute approximate surface area is 193 Å². The number of ether oxygens (including phenoxy) is 1. The minimum absolute atomic E-state index is 0. The maximum absolute atomic E-state index is 13.2. The summed E-state index contributed by atoms with van der Waals surface area (Å²) in [5.74, 6) is 2.36. The second kappa shape index (κ2) is 8.37. The second-order valence-corrected chi connectivity index (χ2v) is 8.85. The summed E-state index contributed by atoms with van der Waals surface area (Å²) in [4.78, 5) is 31.1. The van der Waals surface area contributed by atoms with Crippen molar-refractivity contribution in [1.29, 1.82) is 0 Å². The minimum atomic E-state index is -0.671. The third-order valence-corrected chi connectivity index (χ3v) is 6.74. The summed E-state index contributed by atoms with van der Waals surface area (Å²) in [7, 11) is 0. The molecule has 2 saturated carbocycles. The fraction of sp³-hybridized carbons (Fsp3) is 0.545. The summed E-state index contributed by atoms with van der Waals surface area (Å²) < 4.78 is 6.05. The topological polar surface area (TPSA) is 95.5 Å². The van der Waals surface area contributed by atoms with Gasteiger partial charge in [0.15, 0.2) is 17.2 Å². The van der Waals surface area contributed by atoms with E-state index in [1.54, 1.807) is 6.20 Å². The molecule has 0 unspecified atom stereocenters. The van der Waals surface area contributed by atoms with Gasteiger partial charge in [-0.1, -0.05) is 12.8 Å². The largest absolute Gasteiger partial charge is 0.472 e. The number of amides is 1. The van der Waals surface area contributed by atoms with Crippen molar-refractivity contribution in [2.24, 2.45) is 0 Å². The monoisotopic (exact) mass is 457 g/mol. The first-order valence-corrected chi connectivity index (χ1v) is 11.3. The van der Waals surface area contributed by atoms with Crippen LogP contribution in [-0.4, -0.2) is 58.7 Å². The summed E-state index contributed by atoms with van der Waals surface area (Å²) in [5.41, 5.74) is 0.439. The highest BCUT2D eigenvalue weighted by Crippen LogP contribution is 2.50. The van der Waals surface area contributed by atoms with Crippen LogP contribution in [0.5, 0.6) is 5.75 Å². The Balaban J connectivity index is 0.00000216. The molecular weight excluding hydrogens is 430 g/mol. The molecule has 2 aliphatic heterocycles. The lowest BCUT2D eigenvalue weighted by molar-refractivity contribution is -0.128. The zero-order valence-electron chi connectivity index (χ0n) is 17.9. The van der Waals surface area contributed by atoms with Gasteiger partial charge in [-0.15, -0.1) is 12.4 Å². The van der Waals surface area contributed by atoms with Crippen LogP contribution in [0.15, 0.2) is 24.5 Å². The lowest BCUT2D eigenvalue weighted by Gasteiger charge is -2.37. The lowest BCUT2D eigenvalue weighted by Crippen LogP contribution is -2.52. The van der Waals surface area contributed by atoms with E-state index < -0.39 is 5.60 Å². The molecule has 4 aliphatic rings. The van der Waals surface area contributed by atoms with Crippen LogP contribution in [0.1, 0.15) is 38.5 Å². The molecule has 2 aromatic heterocycles. The predicted octanol–water partition coefficient (Wildman–Crippen LogP) is 2.65. The number of aromatic nitrogens is 3. The molecule has 6 rings (SSSR count). The molecule has 1 spiro atoms. The number of carbonyl (C=O) groups is 1. The van der Waals surface area contributed by atoms with Crippen molar-refractivity contribution in [3.63, 3.8) is 0 Å². The number of hydrogen-bond acceptors (Lipinski definition) is 8. The Morgan fingerprint density at radius 3 is 2.56 bits per heavy atom.